The molecule has 2 amide bonds. The second-order valence-electron chi connectivity index (χ2n) is 6.60. The van der Waals surface area contributed by atoms with Crippen LogP contribution in [0.3, 0.4) is 0 Å². The van der Waals surface area contributed by atoms with E-state index in [-0.39, 0.29) is 18.7 Å². The quantitative estimate of drug-likeness (QED) is 0.877. The third-order valence-corrected chi connectivity index (χ3v) is 4.88. The molecular formula is C19H26N4O2. The lowest BCUT2D eigenvalue weighted by Crippen LogP contribution is -2.40. The van der Waals surface area contributed by atoms with E-state index >= 15 is 0 Å². The number of hydrogen-bond acceptors (Lipinski definition) is 3. The van der Waals surface area contributed by atoms with Gasteiger partial charge >= 0.3 is 6.03 Å². The maximum atomic E-state index is 12.9. The predicted octanol–water partition coefficient (Wildman–Crippen LogP) is 3.02. The van der Waals surface area contributed by atoms with Crippen molar-refractivity contribution in [2.45, 2.75) is 38.6 Å². The predicted molar refractivity (Wildman–Crippen MR) is 97.5 cm³/mol. The molecule has 0 saturated heterocycles. The van der Waals surface area contributed by atoms with E-state index in [9.17, 15) is 9.90 Å². The molecule has 2 N–H and O–H groups in total. The van der Waals surface area contributed by atoms with Crippen LogP contribution in [0.15, 0.2) is 30.3 Å². The lowest BCUT2D eigenvalue weighted by molar-refractivity contribution is 0.169. The Labute approximate surface area is 148 Å². The van der Waals surface area contributed by atoms with Crippen molar-refractivity contribution in [2.24, 2.45) is 7.05 Å². The zero-order valence-electron chi connectivity index (χ0n) is 14.9. The number of amides is 2. The summed E-state index contributed by atoms with van der Waals surface area (Å²) >= 11 is 0. The molecule has 1 unspecified atom stereocenters. The fourth-order valence-electron chi connectivity index (χ4n) is 3.50. The number of nitrogens with zero attached hydrogens (tertiary/aromatic N) is 3. The summed E-state index contributed by atoms with van der Waals surface area (Å²) < 4.78 is 1.74. The summed E-state index contributed by atoms with van der Waals surface area (Å²) in [5.41, 5.74) is 3.52. The van der Waals surface area contributed by atoms with Crippen LogP contribution in [0, 0.1) is 6.92 Å². The minimum absolute atomic E-state index is 0.0429. The van der Waals surface area contributed by atoms with E-state index < -0.39 is 0 Å². The molecule has 0 spiro atoms. The Hall–Kier alpha value is -2.34. The van der Waals surface area contributed by atoms with Crippen molar-refractivity contribution in [1.82, 2.24) is 14.7 Å². The molecule has 0 radical (unpaired) electrons. The smallest absolute Gasteiger partial charge is 0.323 e. The van der Waals surface area contributed by atoms with Crippen LogP contribution in [0.5, 0.6) is 0 Å². The zero-order chi connectivity index (χ0) is 17.8. The normalized spacial score (nSPS) is 16.4. The second-order valence-corrected chi connectivity index (χ2v) is 6.60. The van der Waals surface area contributed by atoms with Gasteiger partial charge in [0, 0.05) is 32.0 Å². The van der Waals surface area contributed by atoms with Crippen LogP contribution in [-0.4, -0.2) is 39.0 Å². The van der Waals surface area contributed by atoms with Gasteiger partial charge in [0.15, 0.2) is 5.82 Å². The van der Waals surface area contributed by atoms with Crippen molar-refractivity contribution >= 4 is 11.8 Å². The minimum atomic E-state index is -0.159. The molecule has 1 aromatic carbocycles. The van der Waals surface area contributed by atoms with Gasteiger partial charge in [0.2, 0.25) is 0 Å². The fourth-order valence-corrected chi connectivity index (χ4v) is 3.50. The molecule has 0 bridgehead atoms. The number of aliphatic hydroxyl groups excluding tert-OH is 1. The van der Waals surface area contributed by atoms with E-state index in [0.717, 1.165) is 25.0 Å². The summed E-state index contributed by atoms with van der Waals surface area (Å²) in [6, 6.07) is 10.1. The molecule has 0 saturated carbocycles. The lowest BCUT2D eigenvalue weighted by atomic mass is 9.87. The van der Waals surface area contributed by atoms with Crippen molar-refractivity contribution in [3.8, 4) is 0 Å². The molecule has 6 nitrogen and oxygen atoms in total. The van der Waals surface area contributed by atoms with Gasteiger partial charge in [-0.25, -0.2) is 4.79 Å². The third-order valence-electron chi connectivity index (χ3n) is 4.88. The van der Waals surface area contributed by atoms with Crippen molar-refractivity contribution in [3.05, 3.63) is 47.2 Å². The van der Waals surface area contributed by atoms with Crippen molar-refractivity contribution in [3.63, 3.8) is 0 Å². The molecular weight excluding hydrogens is 316 g/mol. The average molecular weight is 342 g/mol. The number of nitrogens with one attached hydrogen (secondary N) is 1. The van der Waals surface area contributed by atoms with Crippen LogP contribution in [-0.2, 0) is 13.5 Å². The number of hydrogen-bond donors (Lipinski definition) is 2. The highest BCUT2D eigenvalue weighted by molar-refractivity contribution is 5.88. The number of rotatable bonds is 5. The van der Waals surface area contributed by atoms with Crippen LogP contribution in [0.25, 0.3) is 0 Å². The summed E-state index contributed by atoms with van der Waals surface area (Å²) in [7, 11) is 1.85. The van der Waals surface area contributed by atoms with Gasteiger partial charge in [-0.2, -0.15) is 5.10 Å². The summed E-state index contributed by atoms with van der Waals surface area (Å²) in [4.78, 5) is 14.8. The maximum Gasteiger partial charge on any atom is 0.323 e. The van der Waals surface area contributed by atoms with Crippen molar-refractivity contribution in [2.75, 3.05) is 18.5 Å². The van der Waals surface area contributed by atoms with Crippen LogP contribution in [0.2, 0.25) is 0 Å². The lowest BCUT2D eigenvalue weighted by Gasteiger charge is -2.35. The number of carbonyl (C=O) groups is 1. The first kappa shape index (κ1) is 17.5. The van der Waals surface area contributed by atoms with Gasteiger partial charge in [-0.1, -0.05) is 24.3 Å². The van der Waals surface area contributed by atoms with Crippen molar-refractivity contribution in [1.29, 1.82) is 0 Å². The second kappa shape index (κ2) is 7.70. The van der Waals surface area contributed by atoms with Crippen LogP contribution in [0.1, 0.15) is 42.1 Å². The number of aromatic nitrogens is 2. The average Bonchev–Trinajstić information content (AvgIpc) is 2.92. The first-order chi connectivity index (χ1) is 12.1. The first-order valence-corrected chi connectivity index (χ1v) is 8.87. The van der Waals surface area contributed by atoms with E-state index in [2.05, 4.69) is 28.6 Å². The highest BCUT2D eigenvalue weighted by Crippen LogP contribution is 2.34. The van der Waals surface area contributed by atoms with Crippen molar-refractivity contribution < 1.29 is 9.90 Å². The Morgan fingerprint density at radius 1 is 1.44 bits per heavy atom. The van der Waals surface area contributed by atoms with Crippen LogP contribution < -0.4 is 5.32 Å². The molecule has 1 aliphatic carbocycles. The molecule has 1 aromatic heterocycles. The number of anilines is 1. The summed E-state index contributed by atoms with van der Waals surface area (Å²) in [5.74, 6) is 0.558. The number of benzene rings is 1. The number of aliphatic hydroxyl groups is 1. The van der Waals surface area contributed by atoms with Gasteiger partial charge in [0.25, 0.3) is 0 Å². The number of fused-ring (bicyclic) bond motifs is 1. The monoisotopic (exact) mass is 342 g/mol. The first-order valence-electron chi connectivity index (χ1n) is 8.87. The standard InChI is InChI=1S/C19H26N4O2/c1-14-13-18(21-22(14)2)20-19(25)23(11-6-12-24)17-10-5-8-15-7-3-4-9-16(15)17/h3-4,7,9,13,17,24H,5-6,8,10-12H2,1-2H3,(H,20,21,25). The Morgan fingerprint density at radius 3 is 2.96 bits per heavy atom. The topological polar surface area (TPSA) is 70.4 Å². The molecule has 3 rings (SSSR count). The molecule has 1 atom stereocenters. The molecule has 1 heterocycles. The molecule has 2 aromatic rings. The molecule has 0 fully saturated rings. The third kappa shape index (κ3) is 3.85. The van der Waals surface area contributed by atoms with Gasteiger partial charge in [-0.15, -0.1) is 0 Å². The number of carbonyl (C=O) groups excluding carboxylic acids is 1. The molecule has 0 aliphatic heterocycles. The molecule has 6 heteroatoms. The Kier molecular flexibility index (Phi) is 5.38. The SMILES string of the molecule is Cc1cc(NC(=O)N(CCCO)C2CCCc3ccccc32)nn1C. The zero-order valence-corrected chi connectivity index (χ0v) is 14.9. The van der Waals surface area contributed by atoms with E-state index in [1.54, 1.807) is 4.68 Å². The van der Waals surface area contributed by atoms with E-state index in [4.69, 9.17) is 0 Å². The fraction of sp³-hybridized carbons (Fsp3) is 0.474. The van der Waals surface area contributed by atoms with Gasteiger partial charge in [-0.3, -0.25) is 10.00 Å². The summed E-state index contributed by atoms with van der Waals surface area (Å²) in [6.45, 7) is 2.54. The van der Waals surface area contributed by atoms with E-state index in [0.29, 0.717) is 18.8 Å². The van der Waals surface area contributed by atoms with Gasteiger partial charge in [0.05, 0.1) is 6.04 Å². The number of urea groups is 1. The highest BCUT2D eigenvalue weighted by Gasteiger charge is 2.29. The minimum Gasteiger partial charge on any atom is -0.396 e. The Balaban J connectivity index is 1.83. The largest absolute Gasteiger partial charge is 0.396 e. The molecule has 134 valence electrons. The van der Waals surface area contributed by atoms with Gasteiger partial charge in [0.1, 0.15) is 0 Å². The molecule has 1 aliphatic rings. The van der Waals surface area contributed by atoms with Gasteiger partial charge in [-0.05, 0) is 43.7 Å². The maximum absolute atomic E-state index is 12.9. The number of aryl methyl sites for hydroxylation is 3. The van der Waals surface area contributed by atoms with Gasteiger partial charge < -0.3 is 10.0 Å². The summed E-state index contributed by atoms with van der Waals surface area (Å²) in [5, 5.41) is 16.5. The highest BCUT2D eigenvalue weighted by atomic mass is 16.3. The van der Waals surface area contributed by atoms with E-state index in [1.165, 1.54) is 11.1 Å². The van der Waals surface area contributed by atoms with E-state index in [1.807, 2.05) is 31.0 Å². The Morgan fingerprint density at radius 2 is 2.24 bits per heavy atom. The van der Waals surface area contributed by atoms with Crippen LogP contribution in [0.4, 0.5) is 10.6 Å². The summed E-state index contributed by atoms with van der Waals surface area (Å²) in [6.07, 6.45) is 3.62. The Bertz CT molecular complexity index is 721. The molecule has 25 heavy (non-hydrogen) atoms. The van der Waals surface area contributed by atoms with Crippen LogP contribution >= 0.6 is 0 Å².